The molecule has 6 heteroatoms. The highest BCUT2D eigenvalue weighted by molar-refractivity contribution is 5.91. The van der Waals surface area contributed by atoms with Gasteiger partial charge in [-0.05, 0) is 30.3 Å². The maximum Gasteiger partial charge on any atom is 0.335 e. The monoisotopic (exact) mass is 308 g/mol. The molecule has 0 aliphatic rings. The summed E-state index contributed by atoms with van der Waals surface area (Å²) in [6.07, 6.45) is 1.64. The predicted molar refractivity (Wildman–Crippen MR) is 83.2 cm³/mol. The zero-order valence-corrected chi connectivity index (χ0v) is 12.1. The lowest BCUT2D eigenvalue weighted by atomic mass is 10.1. The lowest BCUT2D eigenvalue weighted by Gasteiger charge is -2.08. The molecule has 23 heavy (non-hydrogen) atoms. The number of aromatic nitrogens is 1. The number of phenolic OH excluding ortho intramolecular Hbond substituents is 1. The van der Waals surface area contributed by atoms with E-state index in [1.54, 1.807) is 29.0 Å². The van der Waals surface area contributed by atoms with Crippen molar-refractivity contribution in [2.24, 2.45) is 0 Å². The van der Waals surface area contributed by atoms with Crippen LogP contribution < -0.4 is 4.74 Å². The number of nitrogens with zero attached hydrogens (tertiary/aromatic N) is 2. The molecule has 2 aromatic carbocycles. The molecule has 0 aliphatic heterocycles. The number of phenols is 1. The number of carboxylic acids is 1. The number of aromatic hydroxyl groups is 1. The van der Waals surface area contributed by atoms with Crippen molar-refractivity contribution in [3.63, 3.8) is 0 Å². The zero-order chi connectivity index (χ0) is 16.6. The molecule has 0 atom stereocenters. The number of carboxylic acid groups (broad SMARTS) is 1. The highest BCUT2D eigenvalue weighted by Gasteiger charge is 2.14. The molecule has 2 N–H and O–H groups in total. The summed E-state index contributed by atoms with van der Waals surface area (Å²) in [6, 6.07) is 11.5. The van der Waals surface area contributed by atoms with Crippen molar-refractivity contribution in [2.75, 3.05) is 7.11 Å². The molecule has 0 fully saturated rings. The average Bonchev–Trinajstić information content (AvgIpc) is 2.91. The molecular weight excluding hydrogens is 296 g/mol. The van der Waals surface area contributed by atoms with Gasteiger partial charge < -0.3 is 19.5 Å². The van der Waals surface area contributed by atoms with Crippen molar-refractivity contribution in [3.8, 4) is 23.3 Å². The lowest BCUT2D eigenvalue weighted by Crippen LogP contribution is -1.97. The molecule has 3 rings (SSSR count). The Morgan fingerprint density at radius 1 is 1.26 bits per heavy atom. The molecule has 0 amide bonds. The van der Waals surface area contributed by atoms with E-state index in [1.807, 2.05) is 0 Å². The van der Waals surface area contributed by atoms with E-state index < -0.39 is 5.97 Å². The molecule has 0 unspecified atom stereocenters. The van der Waals surface area contributed by atoms with E-state index >= 15 is 0 Å². The maximum absolute atomic E-state index is 10.9. The summed E-state index contributed by atoms with van der Waals surface area (Å²) in [5.74, 6) is -0.757. The number of rotatable bonds is 3. The number of fused-ring (bicyclic) bond motifs is 1. The van der Waals surface area contributed by atoms with E-state index in [9.17, 15) is 15.2 Å². The number of nitriles is 1. The highest BCUT2D eigenvalue weighted by atomic mass is 16.5. The predicted octanol–water partition coefficient (Wildman–Crippen LogP) is 2.91. The summed E-state index contributed by atoms with van der Waals surface area (Å²) in [7, 11) is 1.44. The van der Waals surface area contributed by atoms with Crippen molar-refractivity contribution < 1.29 is 19.7 Å². The topological polar surface area (TPSA) is 95.5 Å². The molecule has 6 nitrogen and oxygen atoms in total. The second-order valence-electron chi connectivity index (χ2n) is 4.92. The first kappa shape index (κ1) is 14.5. The minimum Gasteiger partial charge on any atom is -0.504 e. The van der Waals surface area contributed by atoms with E-state index in [0.29, 0.717) is 22.2 Å². The molecule has 1 aromatic heterocycles. The van der Waals surface area contributed by atoms with Gasteiger partial charge in [0, 0.05) is 23.3 Å². The minimum atomic E-state index is -1.01. The Morgan fingerprint density at radius 2 is 1.96 bits per heavy atom. The van der Waals surface area contributed by atoms with Gasteiger partial charge in [-0.3, -0.25) is 0 Å². The Morgan fingerprint density at radius 3 is 2.52 bits per heavy atom. The number of hydrogen-bond acceptors (Lipinski definition) is 4. The van der Waals surface area contributed by atoms with Gasteiger partial charge in [-0.1, -0.05) is 0 Å². The fourth-order valence-corrected chi connectivity index (χ4v) is 2.47. The van der Waals surface area contributed by atoms with Crippen LogP contribution in [0.4, 0.5) is 0 Å². The summed E-state index contributed by atoms with van der Waals surface area (Å²) in [6.45, 7) is 0. The molecule has 0 saturated carbocycles. The fraction of sp³-hybridized carbons (Fsp3) is 0.0588. The van der Waals surface area contributed by atoms with Gasteiger partial charge in [-0.15, -0.1) is 0 Å². The van der Waals surface area contributed by atoms with Gasteiger partial charge in [-0.2, -0.15) is 5.26 Å². The van der Waals surface area contributed by atoms with Gasteiger partial charge in [0.1, 0.15) is 6.07 Å². The van der Waals surface area contributed by atoms with Gasteiger partial charge in [0.15, 0.2) is 11.5 Å². The Balaban J connectivity index is 2.23. The van der Waals surface area contributed by atoms with E-state index in [2.05, 4.69) is 6.07 Å². The molecule has 114 valence electrons. The summed E-state index contributed by atoms with van der Waals surface area (Å²) in [5, 5.41) is 28.9. The van der Waals surface area contributed by atoms with Gasteiger partial charge >= 0.3 is 5.97 Å². The van der Waals surface area contributed by atoms with Crippen LogP contribution in [0, 0.1) is 11.3 Å². The Labute approximate surface area is 131 Å². The van der Waals surface area contributed by atoms with Crippen LogP contribution in [0.25, 0.3) is 16.6 Å². The summed E-state index contributed by atoms with van der Waals surface area (Å²) in [4.78, 5) is 10.9. The van der Waals surface area contributed by atoms with Crippen LogP contribution in [0.1, 0.15) is 15.9 Å². The molecule has 1 heterocycles. The van der Waals surface area contributed by atoms with Gasteiger partial charge in [0.2, 0.25) is 0 Å². The van der Waals surface area contributed by atoms with Crippen molar-refractivity contribution in [1.29, 1.82) is 5.26 Å². The number of methoxy groups -OCH3 is 1. The SMILES string of the molecule is COc1cc2c(C#N)cn(-c3ccc(C(=O)O)cc3)c2cc1O. The normalized spacial score (nSPS) is 10.4. The van der Waals surface area contributed by atoms with Crippen LogP contribution in [0.5, 0.6) is 11.5 Å². The Hall–Kier alpha value is -3.46. The Bertz CT molecular complexity index is 949. The largest absolute Gasteiger partial charge is 0.504 e. The molecule has 0 spiro atoms. The summed E-state index contributed by atoms with van der Waals surface area (Å²) in [5.41, 5.74) is 1.92. The average molecular weight is 308 g/mol. The van der Waals surface area contributed by atoms with E-state index in [4.69, 9.17) is 9.84 Å². The van der Waals surface area contributed by atoms with Gasteiger partial charge in [0.25, 0.3) is 0 Å². The third-order valence-electron chi connectivity index (χ3n) is 3.62. The first-order valence-corrected chi connectivity index (χ1v) is 6.71. The van der Waals surface area contributed by atoms with E-state index in [-0.39, 0.29) is 17.1 Å². The number of aromatic carboxylic acids is 1. The van der Waals surface area contributed by atoms with Gasteiger partial charge in [0.05, 0.1) is 23.8 Å². The van der Waals surface area contributed by atoms with Crippen molar-refractivity contribution >= 4 is 16.9 Å². The minimum absolute atomic E-state index is 0.0361. The summed E-state index contributed by atoms with van der Waals surface area (Å²) >= 11 is 0. The maximum atomic E-state index is 10.9. The van der Waals surface area contributed by atoms with Crippen molar-refractivity contribution in [2.45, 2.75) is 0 Å². The first-order valence-electron chi connectivity index (χ1n) is 6.71. The number of hydrogen-bond donors (Lipinski definition) is 2. The highest BCUT2D eigenvalue weighted by Crippen LogP contribution is 2.34. The molecule has 0 radical (unpaired) electrons. The van der Waals surface area contributed by atoms with Crippen LogP contribution in [-0.2, 0) is 0 Å². The number of ether oxygens (including phenoxy) is 1. The number of carbonyl (C=O) groups is 1. The molecule has 0 bridgehead atoms. The van der Waals surface area contributed by atoms with Crippen LogP contribution in [0.15, 0.2) is 42.6 Å². The summed E-state index contributed by atoms with van der Waals surface area (Å²) < 4.78 is 6.80. The van der Waals surface area contributed by atoms with Crippen LogP contribution >= 0.6 is 0 Å². The third-order valence-corrected chi connectivity index (χ3v) is 3.62. The van der Waals surface area contributed by atoms with Crippen molar-refractivity contribution in [1.82, 2.24) is 4.57 Å². The standard InChI is InChI=1S/C17H12N2O4/c1-23-16-6-13-11(8-18)9-19(14(13)7-15(16)20)12-4-2-10(3-5-12)17(21)22/h2-7,9,20H,1H3,(H,21,22). The smallest absolute Gasteiger partial charge is 0.335 e. The quantitative estimate of drug-likeness (QED) is 0.775. The van der Waals surface area contributed by atoms with Crippen molar-refractivity contribution in [3.05, 3.63) is 53.7 Å². The number of benzene rings is 2. The van der Waals surface area contributed by atoms with E-state index in [0.717, 1.165) is 0 Å². The van der Waals surface area contributed by atoms with Crippen LogP contribution in [-0.4, -0.2) is 27.9 Å². The molecule has 0 saturated heterocycles. The van der Waals surface area contributed by atoms with Crippen LogP contribution in [0.3, 0.4) is 0 Å². The fourth-order valence-electron chi connectivity index (χ4n) is 2.47. The van der Waals surface area contributed by atoms with Gasteiger partial charge in [-0.25, -0.2) is 4.79 Å². The van der Waals surface area contributed by atoms with E-state index in [1.165, 1.54) is 25.3 Å². The van der Waals surface area contributed by atoms with Crippen LogP contribution in [0.2, 0.25) is 0 Å². The lowest BCUT2D eigenvalue weighted by molar-refractivity contribution is 0.0697. The first-order chi connectivity index (χ1) is 11.0. The second kappa shape index (κ2) is 5.39. The molecule has 0 aliphatic carbocycles. The Kier molecular flexibility index (Phi) is 3.39. The molecular formula is C17H12N2O4. The molecule has 3 aromatic rings. The third kappa shape index (κ3) is 2.34. The second-order valence-corrected chi connectivity index (χ2v) is 4.92. The zero-order valence-electron chi connectivity index (χ0n) is 12.1.